The van der Waals surface area contributed by atoms with Crippen molar-refractivity contribution in [2.45, 2.75) is 4.90 Å². The molecule has 6 N–H and O–H groups in total. The van der Waals surface area contributed by atoms with E-state index in [1.54, 1.807) is 0 Å². The van der Waals surface area contributed by atoms with Crippen molar-refractivity contribution < 1.29 is 26.5 Å². The van der Waals surface area contributed by atoms with E-state index < -0.39 is 20.1 Å². The third-order valence-electron chi connectivity index (χ3n) is 3.50. The van der Waals surface area contributed by atoms with Gasteiger partial charge < -0.3 is 21.5 Å². The van der Waals surface area contributed by atoms with Gasteiger partial charge in [-0.15, -0.1) is 0 Å². The van der Waals surface area contributed by atoms with E-state index in [2.05, 4.69) is 25.6 Å². The Kier molecular flexibility index (Phi) is 7.26. The molecule has 15 heteroatoms. The maximum absolute atomic E-state index is 11.6. The van der Waals surface area contributed by atoms with Gasteiger partial charge in [-0.3, -0.25) is 4.55 Å². The second-order valence-corrected chi connectivity index (χ2v) is 9.19. The Hall–Kier alpha value is -2.59. The van der Waals surface area contributed by atoms with Gasteiger partial charge in [-0.05, 0) is 18.2 Å². The fourth-order valence-electron chi connectivity index (χ4n) is 2.24. The Bertz CT molecular complexity index is 1060. The maximum Gasteiger partial charge on any atom is 0.294 e. The fourth-order valence-corrected chi connectivity index (χ4v) is 3.60. The quantitative estimate of drug-likeness (QED) is 0.282. The molecule has 160 valence electrons. The van der Waals surface area contributed by atoms with Crippen LogP contribution in [0.5, 0.6) is 0 Å². The lowest BCUT2D eigenvalue weighted by molar-refractivity contribution is 0.256. The van der Waals surface area contributed by atoms with Crippen LogP contribution in [-0.2, 0) is 20.1 Å². The van der Waals surface area contributed by atoms with Crippen LogP contribution in [0.15, 0.2) is 29.2 Å². The molecule has 0 aliphatic rings. The summed E-state index contributed by atoms with van der Waals surface area (Å²) >= 11 is 0. The van der Waals surface area contributed by atoms with Gasteiger partial charge in [0.2, 0.25) is 27.9 Å². The molecule has 29 heavy (non-hydrogen) atoms. The van der Waals surface area contributed by atoms with Gasteiger partial charge in [-0.25, -0.2) is 8.42 Å². The number of aromatic nitrogens is 3. The van der Waals surface area contributed by atoms with Gasteiger partial charge in [0, 0.05) is 25.3 Å². The van der Waals surface area contributed by atoms with Crippen LogP contribution in [0.2, 0.25) is 0 Å². The maximum atomic E-state index is 11.6. The number of hydrogen-bond donors (Lipinski definition) is 5. The van der Waals surface area contributed by atoms with Gasteiger partial charge >= 0.3 is 0 Å². The van der Waals surface area contributed by atoms with E-state index in [1.807, 2.05) is 0 Å². The fraction of sp³-hybridized carbons (Fsp3) is 0.357. The zero-order chi connectivity index (χ0) is 21.7. The average molecular weight is 447 g/mol. The Labute approximate surface area is 167 Å². The summed E-state index contributed by atoms with van der Waals surface area (Å²) in [6.45, 7) is -0.169. The number of nitrogens with zero attached hydrogens (tertiary/aromatic N) is 4. The zero-order valence-corrected chi connectivity index (χ0v) is 17.0. The smallest absolute Gasteiger partial charge is 0.294 e. The van der Waals surface area contributed by atoms with Crippen molar-refractivity contribution >= 4 is 43.7 Å². The Morgan fingerprint density at radius 3 is 2.41 bits per heavy atom. The number of aliphatic hydroxyl groups is 1. The highest BCUT2D eigenvalue weighted by Crippen LogP contribution is 2.19. The van der Waals surface area contributed by atoms with Crippen LogP contribution in [0.25, 0.3) is 0 Å². The molecule has 0 aliphatic heterocycles. The molecule has 13 nitrogen and oxygen atoms in total. The topological polar surface area (TPSA) is 201 Å². The highest BCUT2D eigenvalue weighted by molar-refractivity contribution is 7.88. The van der Waals surface area contributed by atoms with E-state index in [-0.39, 0.29) is 54.7 Å². The van der Waals surface area contributed by atoms with E-state index in [1.165, 1.54) is 24.3 Å². The van der Waals surface area contributed by atoms with E-state index in [4.69, 9.17) is 15.4 Å². The Balaban J connectivity index is 2.10. The summed E-state index contributed by atoms with van der Waals surface area (Å²) < 4.78 is 55.9. The molecule has 1 heterocycles. The number of anilines is 4. The first kappa shape index (κ1) is 22.7. The van der Waals surface area contributed by atoms with Gasteiger partial charge in [-0.2, -0.15) is 27.7 Å². The van der Waals surface area contributed by atoms with Gasteiger partial charge in [0.15, 0.2) is 0 Å². The van der Waals surface area contributed by atoms with E-state index >= 15 is 0 Å². The summed E-state index contributed by atoms with van der Waals surface area (Å²) in [5.74, 6) is -0.0718. The molecule has 0 radical (unpaired) electrons. The highest BCUT2D eigenvalue weighted by atomic mass is 32.2. The molecule has 2 aromatic rings. The summed E-state index contributed by atoms with van der Waals surface area (Å²) in [7, 11) is -7.85. The van der Waals surface area contributed by atoms with Crippen molar-refractivity contribution in [1.82, 2.24) is 19.3 Å². The number of nitrogens with one attached hydrogen (secondary N) is 2. The molecule has 0 saturated heterocycles. The lowest BCUT2D eigenvalue weighted by Gasteiger charge is -2.18. The standard InChI is InChI=1S/C14H21N7O6S2/c1-28(23,24)21(7-8-22)6-5-16-13-18-12(15)19-14(20-13)17-10-3-2-4-11(9-10)29(25,26)27/h2-4,9,22H,5-8H2,1H3,(H,25,26,27)(H4,15,16,17,18,19,20). The predicted octanol–water partition coefficient (Wildman–Crippen LogP) is -0.890. The number of rotatable bonds is 10. The first-order valence-electron chi connectivity index (χ1n) is 8.15. The summed E-state index contributed by atoms with van der Waals surface area (Å²) in [5, 5.41) is 14.5. The average Bonchev–Trinajstić information content (AvgIpc) is 2.59. The summed E-state index contributed by atoms with van der Waals surface area (Å²) in [4.78, 5) is 11.5. The second kappa shape index (κ2) is 9.27. The van der Waals surface area contributed by atoms with Gasteiger partial charge in [0.1, 0.15) is 0 Å². The van der Waals surface area contributed by atoms with Crippen molar-refractivity contribution in [3.8, 4) is 0 Å². The molecule has 0 unspecified atom stereocenters. The predicted molar refractivity (Wildman–Crippen MR) is 106 cm³/mol. The number of nitrogens with two attached hydrogens (primary N) is 1. The van der Waals surface area contributed by atoms with Crippen LogP contribution in [-0.4, -0.2) is 78.2 Å². The first-order chi connectivity index (χ1) is 13.5. The minimum absolute atomic E-state index is 0.00261. The molecular formula is C14H21N7O6S2. The molecule has 0 atom stereocenters. The second-order valence-electron chi connectivity index (χ2n) is 5.78. The molecule has 0 fully saturated rings. The normalized spacial score (nSPS) is 12.1. The lowest BCUT2D eigenvalue weighted by Crippen LogP contribution is -2.36. The van der Waals surface area contributed by atoms with Crippen LogP contribution in [0.1, 0.15) is 0 Å². The van der Waals surface area contributed by atoms with E-state index in [0.717, 1.165) is 10.6 Å². The highest BCUT2D eigenvalue weighted by Gasteiger charge is 2.16. The molecule has 0 amide bonds. The number of benzene rings is 1. The number of hydrogen-bond acceptors (Lipinski definition) is 11. The lowest BCUT2D eigenvalue weighted by atomic mass is 10.3. The van der Waals surface area contributed by atoms with Crippen LogP contribution < -0.4 is 16.4 Å². The van der Waals surface area contributed by atoms with E-state index in [9.17, 15) is 16.8 Å². The summed E-state index contributed by atoms with van der Waals surface area (Å²) in [6, 6.07) is 5.34. The monoisotopic (exact) mass is 447 g/mol. The van der Waals surface area contributed by atoms with Gasteiger partial charge in [0.25, 0.3) is 10.1 Å². The minimum Gasteiger partial charge on any atom is -0.395 e. The molecule has 1 aromatic heterocycles. The van der Waals surface area contributed by atoms with Crippen molar-refractivity contribution in [2.24, 2.45) is 0 Å². The summed E-state index contributed by atoms with van der Waals surface area (Å²) in [6.07, 6.45) is 1.03. The molecule has 1 aromatic carbocycles. The first-order valence-corrected chi connectivity index (χ1v) is 11.4. The third kappa shape index (κ3) is 7.06. The molecule has 0 bridgehead atoms. The van der Waals surface area contributed by atoms with Crippen molar-refractivity contribution in [1.29, 1.82) is 0 Å². The Morgan fingerprint density at radius 2 is 1.79 bits per heavy atom. The molecule has 0 spiro atoms. The SMILES string of the molecule is CS(=O)(=O)N(CCO)CCNc1nc(N)nc(Nc2cccc(S(=O)(=O)O)c2)n1. The van der Waals surface area contributed by atoms with Crippen molar-refractivity contribution in [3.63, 3.8) is 0 Å². The molecule has 2 rings (SSSR count). The van der Waals surface area contributed by atoms with Gasteiger partial charge in [0.05, 0.1) is 17.8 Å². The minimum atomic E-state index is -4.37. The van der Waals surface area contributed by atoms with Crippen molar-refractivity contribution in [2.75, 3.05) is 48.9 Å². The number of aliphatic hydroxyl groups excluding tert-OH is 1. The van der Waals surface area contributed by atoms with Crippen LogP contribution in [0.4, 0.5) is 23.5 Å². The van der Waals surface area contributed by atoms with Crippen LogP contribution in [0, 0.1) is 0 Å². The molecule has 0 aliphatic carbocycles. The zero-order valence-electron chi connectivity index (χ0n) is 15.3. The Morgan fingerprint density at radius 1 is 1.10 bits per heavy atom. The van der Waals surface area contributed by atoms with Crippen LogP contribution in [0.3, 0.4) is 0 Å². The van der Waals surface area contributed by atoms with Crippen molar-refractivity contribution in [3.05, 3.63) is 24.3 Å². The summed E-state index contributed by atoms with van der Waals surface area (Å²) in [5.41, 5.74) is 5.92. The van der Waals surface area contributed by atoms with Crippen LogP contribution >= 0.6 is 0 Å². The number of nitrogen functional groups attached to an aromatic ring is 1. The number of sulfonamides is 1. The molecular weight excluding hydrogens is 426 g/mol. The van der Waals surface area contributed by atoms with Gasteiger partial charge in [-0.1, -0.05) is 6.07 Å². The third-order valence-corrected chi connectivity index (χ3v) is 5.66. The van der Waals surface area contributed by atoms with E-state index in [0.29, 0.717) is 0 Å². The largest absolute Gasteiger partial charge is 0.395 e. The molecule has 0 saturated carbocycles.